The quantitative estimate of drug-likeness (QED) is 0.618. The number of rotatable bonds is 2. The Morgan fingerprint density at radius 1 is 1.07 bits per heavy atom. The van der Waals surface area contributed by atoms with Crippen LogP contribution < -0.4 is 0 Å². The highest BCUT2D eigenvalue weighted by atomic mass is 14.7. The Hall–Kier alpha value is 0. The molecule has 0 aromatic rings. The van der Waals surface area contributed by atoms with Crippen molar-refractivity contribution in [3.05, 3.63) is 0 Å². The van der Waals surface area contributed by atoms with Crippen molar-refractivity contribution < 1.29 is 0 Å². The Balaban J connectivity index is 2.10. The zero-order chi connectivity index (χ0) is 10.7. The lowest BCUT2D eigenvalue weighted by Crippen LogP contribution is -2.56. The van der Waals surface area contributed by atoms with E-state index in [9.17, 15) is 0 Å². The van der Waals surface area contributed by atoms with Gasteiger partial charge in [0.2, 0.25) is 0 Å². The summed E-state index contributed by atoms with van der Waals surface area (Å²) in [5, 5.41) is 0. The van der Waals surface area contributed by atoms with Gasteiger partial charge in [-0.2, -0.15) is 0 Å². The van der Waals surface area contributed by atoms with E-state index in [1.807, 2.05) is 0 Å². The van der Waals surface area contributed by atoms with E-state index in [-0.39, 0.29) is 0 Å². The lowest BCUT2D eigenvalue weighted by Gasteiger charge is -2.61. The van der Waals surface area contributed by atoms with Gasteiger partial charge >= 0.3 is 0 Å². The van der Waals surface area contributed by atoms with E-state index in [0.29, 0.717) is 5.41 Å². The van der Waals surface area contributed by atoms with Gasteiger partial charge in [-0.25, -0.2) is 0 Å². The van der Waals surface area contributed by atoms with Crippen LogP contribution in [0.15, 0.2) is 0 Å². The van der Waals surface area contributed by atoms with Gasteiger partial charge in [0.1, 0.15) is 0 Å². The molecule has 2 aliphatic carbocycles. The highest BCUT2D eigenvalue weighted by molar-refractivity contribution is 5.10. The summed E-state index contributed by atoms with van der Waals surface area (Å²) >= 11 is 0. The average molecular weight is 194 g/mol. The molecule has 4 unspecified atom stereocenters. The lowest BCUT2D eigenvalue weighted by molar-refractivity contribution is -0.131. The fourth-order valence-electron chi connectivity index (χ4n) is 4.58. The van der Waals surface area contributed by atoms with Crippen molar-refractivity contribution in [2.45, 2.75) is 48.0 Å². The Kier molecular flexibility index (Phi) is 2.25. The van der Waals surface area contributed by atoms with Gasteiger partial charge in [-0.05, 0) is 47.3 Å². The maximum Gasteiger partial charge on any atom is -0.0238 e. The first-order valence-electron chi connectivity index (χ1n) is 6.40. The predicted octanol–water partition coefficient (Wildman–Crippen LogP) is 4.21. The minimum absolute atomic E-state index is 0.675. The molecule has 0 radical (unpaired) electrons. The topological polar surface area (TPSA) is 0 Å². The summed E-state index contributed by atoms with van der Waals surface area (Å²) in [6, 6.07) is 0. The van der Waals surface area contributed by atoms with Crippen LogP contribution in [0.1, 0.15) is 48.0 Å². The molecule has 4 atom stereocenters. The molecule has 0 amide bonds. The molecule has 2 fully saturated rings. The van der Waals surface area contributed by atoms with E-state index in [4.69, 9.17) is 0 Å². The Morgan fingerprint density at radius 3 is 1.79 bits per heavy atom. The fourth-order valence-corrected chi connectivity index (χ4v) is 4.58. The van der Waals surface area contributed by atoms with Crippen LogP contribution in [0, 0.1) is 40.9 Å². The van der Waals surface area contributed by atoms with Crippen LogP contribution in [0.25, 0.3) is 0 Å². The normalized spacial score (nSPS) is 57.2. The Bertz CT molecular complexity index is 218. The first-order valence-corrected chi connectivity index (χ1v) is 6.40. The third-order valence-corrected chi connectivity index (χ3v) is 5.80. The molecule has 0 aromatic heterocycles. The van der Waals surface area contributed by atoms with Crippen molar-refractivity contribution in [1.82, 2.24) is 0 Å². The lowest BCUT2D eigenvalue weighted by atomic mass is 9.44. The van der Waals surface area contributed by atoms with Gasteiger partial charge in [0.05, 0.1) is 0 Å². The molecule has 0 saturated heterocycles. The summed E-state index contributed by atoms with van der Waals surface area (Å²) in [6.45, 7) is 14.8. The highest BCUT2D eigenvalue weighted by Crippen LogP contribution is 2.68. The molecule has 2 saturated carbocycles. The van der Waals surface area contributed by atoms with Crippen LogP contribution in [0.4, 0.5) is 0 Å². The predicted molar refractivity (Wildman–Crippen MR) is 62.0 cm³/mol. The molecule has 0 nitrogen and oxygen atoms in total. The Labute approximate surface area is 89.5 Å². The fraction of sp³-hybridized carbons (Fsp3) is 1.00. The third kappa shape index (κ3) is 1.12. The molecule has 82 valence electrons. The van der Waals surface area contributed by atoms with Gasteiger partial charge < -0.3 is 0 Å². The zero-order valence-corrected chi connectivity index (χ0v) is 10.7. The summed E-state index contributed by atoms with van der Waals surface area (Å²) in [5.74, 6) is 5.82. The molecule has 0 bridgehead atoms. The van der Waals surface area contributed by atoms with Crippen LogP contribution in [0.3, 0.4) is 0 Å². The van der Waals surface area contributed by atoms with Crippen molar-refractivity contribution in [3.63, 3.8) is 0 Å². The summed E-state index contributed by atoms with van der Waals surface area (Å²) < 4.78 is 0. The van der Waals surface area contributed by atoms with Crippen LogP contribution in [-0.2, 0) is 0 Å². The van der Waals surface area contributed by atoms with Crippen LogP contribution >= 0.6 is 0 Å². The number of hydrogen-bond donors (Lipinski definition) is 0. The van der Waals surface area contributed by atoms with Crippen LogP contribution in [0.2, 0.25) is 0 Å². The van der Waals surface area contributed by atoms with Gasteiger partial charge in [-0.3, -0.25) is 0 Å². The molecule has 0 aromatic carbocycles. The Morgan fingerprint density at radius 2 is 1.50 bits per heavy atom. The van der Waals surface area contributed by atoms with Crippen LogP contribution in [0.5, 0.6) is 0 Å². The second kappa shape index (κ2) is 3.00. The molecule has 0 N–H and O–H groups in total. The second-order valence-electron chi connectivity index (χ2n) is 6.58. The average Bonchev–Trinajstić information content (AvgIpc) is 2.81. The van der Waals surface area contributed by atoms with E-state index >= 15 is 0 Å². The standard InChI is InChI=1S/C14H26/c1-8(2)13-10(4)14(6,11(13)5)12-7-9(12)3/h8-13H,7H2,1-6H3. The van der Waals surface area contributed by atoms with E-state index < -0.39 is 0 Å². The molecule has 14 heavy (non-hydrogen) atoms. The molecule has 0 heterocycles. The largest absolute Gasteiger partial charge is 0.0625 e. The monoisotopic (exact) mass is 194 g/mol. The van der Waals surface area contributed by atoms with Gasteiger partial charge in [-0.1, -0.05) is 41.5 Å². The molecule has 0 aliphatic heterocycles. The minimum Gasteiger partial charge on any atom is -0.0625 e. The third-order valence-electron chi connectivity index (χ3n) is 5.80. The first kappa shape index (κ1) is 10.5. The molecule has 2 rings (SSSR count). The highest BCUT2D eigenvalue weighted by Gasteiger charge is 2.63. The van der Waals surface area contributed by atoms with Gasteiger partial charge in [0.15, 0.2) is 0 Å². The summed E-state index contributed by atoms with van der Waals surface area (Å²) in [5.41, 5.74) is 0.675. The maximum atomic E-state index is 2.55. The van der Waals surface area contributed by atoms with Gasteiger partial charge in [-0.15, -0.1) is 0 Å². The van der Waals surface area contributed by atoms with Gasteiger partial charge in [0, 0.05) is 0 Å². The first-order chi connectivity index (χ1) is 6.40. The number of hydrogen-bond acceptors (Lipinski definition) is 0. The van der Waals surface area contributed by atoms with Crippen molar-refractivity contribution in [1.29, 1.82) is 0 Å². The summed E-state index contributed by atoms with van der Waals surface area (Å²) in [7, 11) is 0. The molecule has 2 aliphatic rings. The van der Waals surface area contributed by atoms with Crippen molar-refractivity contribution >= 4 is 0 Å². The smallest absolute Gasteiger partial charge is 0.0238 e. The summed E-state index contributed by atoms with van der Waals surface area (Å²) in [4.78, 5) is 0. The SMILES string of the molecule is CC(C)C1C(C)C(C)(C2CC2C)C1C. The van der Waals surface area contributed by atoms with Crippen molar-refractivity contribution in [2.75, 3.05) is 0 Å². The summed E-state index contributed by atoms with van der Waals surface area (Å²) in [6.07, 6.45) is 1.50. The van der Waals surface area contributed by atoms with Crippen molar-refractivity contribution in [3.8, 4) is 0 Å². The van der Waals surface area contributed by atoms with E-state index in [1.54, 1.807) is 0 Å². The maximum absolute atomic E-state index is 2.55. The van der Waals surface area contributed by atoms with E-state index in [2.05, 4.69) is 41.5 Å². The van der Waals surface area contributed by atoms with Gasteiger partial charge in [0.25, 0.3) is 0 Å². The molecule has 0 spiro atoms. The van der Waals surface area contributed by atoms with Crippen molar-refractivity contribution in [2.24, 2.45) is 40.9 Å². The zero-order valence-electron chi connectivity index (χ0n) is 10.7. The van der Waals surface area contributed by atoms with E-state index in [1.165, 1.54) is 6.42 Å². The second-order valence-corrected chi connectivity index (χ2v) is 6.58. The molecule has 0 heteroatoms. The van der Waals surface area contributed by atoms with Crippen LogP contribution in [-0.4, -0.2) is 0 Å². The van der Waals surface area contributed by atoms with E-state index in [0.717, 1.165) is 35.5 Å². The minimum atomic E-state index is 0.675. The molecular weight excluding hydrogens is 168 g/mol. The molecular formula is C14H26.